The number of hydrogen-bond acceptors (Lipinski definition) is 2. The van der Waals surface area contributed by atoms with Gasteiger partial charge in [-0.2, -0.15) is 0 Å². The Bertz CT molecular complexity index is 551. The lowest BCUT2D eigenvalue weighted by atomic mass is 9.98. The number of aryl methyl sites for hydroxylation is 1. The van der Waals surface area contributed by atoms with Gasteiger partial charge in [0.25, 0.3) is 0 Å². The summed E-state index contributed by atoms with van der Waals surface area (Å²) in [6.07, 6.45) is 1.03. The lowest BCUT2D eigenvalue weighted by Gasteiger charge is -2.14. The van der Waals surface area contributed by atoms with Crippen LogP contribution in [0.15, 0.2) is 42.5 Å². The summed E-state index contributed by atoms with van der Waals surface area (Å²) in [5.74, 6) is 0.666. The van der Waals surface area contributed by atoms with E-state index in [2.05, 4.69) is 31.2 Å². The average molecular weight is 276 g/mol. The Kier molecular flexibility index (Phi) is 4.46. The summed E-state index contributed by atoms with van der Waals surface area (Å²) in [6.45, 7) is 2.14. The topological polar surface area (TPSA) is 35.2 Å². The Morgan fingerprint density at radius 2 is 1.74 bits per heavy atom. The first-order valence-electron chi connectivity index (χ1n) is 6.33. The molecule has 0 fully saturated rings. The Hall–Kier alpha value is -1.51. The first-order chi connectivity index (χ1) is 9.15. The van der Waals surface area contributed by atoms with Crippen LogP contribution in [-0.2, 0) is 6.42 Å². The van der Waals surface area contributed by atoms with Crippen LogP contribution in [0.2, 0.25) is 5.02 Å². The third-order valence-electron chi connectivity index (χ3n) is 3.28. The van der Waals surface area contributed by atoms with Crippen LogP contribution >= 0.6 is 11.6 Å². The zero-order valence-corrected chi connectivity index (χ0v) is 11.9. The highest BCUT2D eigenvalue weighted by Crippen LogP contribution is 2.29. The molecule has 0 saturated carbocycles. The van der Waals surface area contributed by atoms with Crippen molar-refractivity contribution in [3.63, 3.8) is 0 Å². The summed E-state index contributed by atoms with van der Waals surface area (Å²) in [4.78, 5) is 0. The van der Waals surface area contributed by atoms with Gasteiger partial charge in [-0.25, -0.2) is 0 Å². The number of methoxy groups -OCH3 is 1. The molecule has 0 spiro atoms. The zero-order chi connectivity index (χ0) is 13.8. The van der Waals surface area contributed by atoms with E-state index in [0.717, 1.165) is 17.5 Å². The summed E-state index contributed by atoms with van der Waals surface area (Å²) in [5.41, 5.74) is 9.64. The second-order valence-corrected chi connectivity index (χ2v) is 4.87. The largest absolute Gasteiger partial charge is 0.495 e. The Labute approximate surface area is 119 Å². The van der Waals surface area contributed by atoms with E-state index in [4.69, 9.17) is 22.1 Å². The van der Waals surface area contributed by atoms with Gasteiger partial charge in [-0.3, -0.25) is 0 Å². The quantitative estimate of drug-likeness (QED) is 0.917. The molecule has 0 heterocycles. The van der Waals surface area contributed by atoms with Gasteiger partial charge in [0.1, 0.15) is 5.75 Å². The molecule has 19 heavy (non-hydrogen) atoms. The number of benzene rings is 2. The van der Waals surface area contributed by atoms with E-state index >= 15 is 0 Å². The van der Waals surface area contributed by atoms with Crippen molar-refractivity contribution in [1.29, 1.82) is 0 Å². The van der Waals surface area contributed by atoms with E-state index in [1.165, 1.54) is 5.56 Å². The molecule has 0 aliphatic heterocycles. The van der Waals surface area contributed by atoms with Crippen molar-refractivity contribution in [1.82, 2.24) is 0 Å². The standard InChI is InChI=1S/C16H18ClNO/c1-3-11-4-6-12(7-5-11)16(18)13-8-9-15(19-2)14(17)10-13/h4-10,16H,3,18H2,1-2H3. The minimum absolute atomic E-state index is 0.172. The van der Waals surface area contributed by atoms with Gasteiger partial charge in [0.15, 0.2) is 0 Å². The highest BCUT2D eigenvalue weighted by atomic mass is 35.5. The second kappa shape index (κ2) is 6.09. The SMILES string of the molecule is CCc1ccc(C(N)c2ccc(OC)c(Cl)c2)cc1. The molecule has 2 nitrogen and oxygen atoms in total. The molecule has 2 aromatic rings. The molecule has 0 aromatic heterocycles. The summed E-state index contributed by atoms with van der Waals surface area (Å²) in [6, 6.07) is 13.8. The van der Waals surface area contributed by atoms with Crippen LogP contribution < -0.4 is 10.5 Å². The second-order valence-electron chi connectivity index (χ2n) is 4.47. The van der Waals surface area contributed by atoms with E-state index in [1.54, 1.807) is 7.11 Å². The van der Waals surface area contributed by atoms with Gasteiger partial charge < -0.3 is 10.5 Å². The maximum atomic E-state index is 6.27. The van der Waals surface area contributed by atoms with Crippen molar-refractivity contribution < 1.29 is 4.74 Å². The van der Waals surface area contributed by atoms with Gasteiger partial charge >= 0.3 is 0 Å². The highest BCUT2D eigenvalue weighted by molar-refractivity contribution is 6.32. The molecule has 0 radical (unpaired) electrons. The van der Waals surface area contributed by atoms with Crippen molar-refractivity contribution in [2.24, 2.45) is 5.73 Å². The molecule has 1 atom stereocenters. The summed E-state index contributed by atoms with van der Waals surface area (Å²) in [7, 11) is 1.60. The third-order valence-corrected chi connectivity index (χ3v) is 3.58. The van der Waals surface area contributed by atoms with Crippen LogP contribution in [0.5, 0.6) is 5.75 Å². The lowest BCUT2D eigenvalue weighted by Crippen LogP contribution is -2.11. The Balaban J connectivity index is 2.27. The maximum absolute atomic E-state index is 6.27. The molecule has 0 aliphatic rings. The number of nitrogens with two attached hydrogens (primary N) is 1. The monoisotopic (exact) mass is 275 g/mol. The first-order valence-corrected chi connectivity index (χ1v) is 6.71. The van der Waals surface area contributed by atoms with Crippen molar-refractivity contribution in [2.75, 3.05) is 7.11 Å². The summed E-state index contributed by atoms with van der Waals surface area (Å²) >= 11 is 6.13. The van der Waals surface area contributed by atoms with Crippen LogP contribution in [-0.4, -0.2) is 7.11 Å². The highest BCUT2D eigenvalue weighted by Gasteiger charge is 2.11. The van der Waals surface area contributed by atoms with Gasteiger partial charge in [0.05, 0.1) is 18.2 Å². The first kappa shape index (κ1) is 13.9. The number of halogens is 1. The average Bonchev–Trinajstić information content (AvgIpc) is 2.46. The maximum Gasteiger partial charge on any atom is 0.137 e. The predicted octanol–water partition coefficient (Wildman–Crippen LogP) is 3.96. The van der Waals surface area contributed by atoms with Crippen LogP contribution in [0.1, 0.15) is 29.7 Å². The number of ether oxygens (including phenoxy) is 1. The van der Waals surface area contributed by atoms with Gasteiger partial charge in [-0.15, -0.1) is 0 Å². The van der Waals surface area contributed by atoms with Gasteiger partial charge in [0.2, 0.25) is 0 Å². The molecule has 3 heteroatoms. The fourth-order valence-corrected chi connectivity index (χ4v) is 2.30. The molecule has 2 aromatic carbocycles. The van der Waals surface area contributed by atoms with Crippen LogP contribution in [0.4, 0.5) is 0 Å². The molecule has 2 rings (SSSR count). The third kappa shape index (κ3) is 3.09. The van der Waals surface area contributed by atoms with Crippen LogP contribution in [0, 0.1) is 0 Å². The molecule has 2 N–H and O–H groups in total. The normalized spacial score (nSPS) is 12.2. The van der Waals surface area contributed by atoms with E-state index in [-0.39, 0.29) is 6.04 Å². The lowest BCUT2D eigenvalue weighted by molar-refractivity contribution is 0.415. The molecular weight excluding hydrogens is 258 g/mol. The predicted molar refractivity (Wildman–Crippen MR) is 79.9 cm³/mol. The molecular formula is C16H18ClNO. The Morgan fingerprint density at radius 1 is 1.11 bits per heavy atom. The Morgan fingerprint density at radius 3 is 2.26 bits per heavy atom. The van der Waals surface area contributed by atoms with Crippen molar-refractivity contribution in [2.45, 2.75) is 19.4 Å². The molecule has 0 saturated heterocycles. The molecule has 0 amide bonds. The molecule has 1 unspecified atom stereocenters. The fourth-order valence-electron chi connectivity index (χ4n) is 2.03. The molecule has 0 aliphatic carbocycles. The number of rotatable bonds is 4. The molecule has 100 valence electrons. The minimum atomic E-state index is -0.172. The van der Waals surface area contributed by atoms with E-state index in [9.17, 15) is 0 Å². The van der Waals surface area contributed by atoms with Crippen LogP contribution in [0.3, 0.4) is 0 Å². The van der Waals surface area contributed by atoms with E-state index < -0.39 is 0 Å². The van der Waals surface area contributed by atoms with Crippen LogP contribution in [0.25, 0.3) is 0 Å². The minimum Gasteiger partial charge on any atom is -0.495 e. The van der Waals surface area contributed by atoms with Gasteiger partial charge in [-0.05, 0) is 35.2 Å². The summed E-state index contributed by atoms with van der Waals surface area (Å²) < 4.78 is 5.14. The van der Waals surface area contributed by atoms with E-state index in [1.807, 2.05) is 18.2 Å². The summed E-state index contributed by atoms with van der Waals surface area (Å²) in [5, 5.41) is 0.584. The molecule has 0 bridgehead atoms. The van der Waals surface area contributed by atoms with E-state index in [0.29, 0.717) is 10.8 Å². The fraction of sp³-hybridized carbons (Fsp3) is 0.250. The number of hydrogen-bond donors (Lipinski definition) is 1. The van der Waals surface area contributed by atoms with Crippen molar-refractivity contribution >= 4 is 11.6 Å². The van der Waals surface area contributed by atoms with Crippen molar-refractivity contribution in [3.8, 4) is 5.75 Å². The zero-order valence-electron chi connectivity index (χ0n) is 11.2. The van der Waals surface area contributed by atoms with Crippen molar-refractivity contribution in [3.05, 3.63) is 64.2 Å². The smallest absolute Gasteiger partial charge is 0.137 e. The van der Waals surface area contributed by atoms with Gasteiger partial charge in [-0.1, -0.05) is 48.9 Å². The van der Waals surface area contributed by atoms with Gasteiger partial charge in [0, 0.05) is 0 Å².